The number of nitrogens with zero attached hydrogens (tertiary/aromatic N) is 2. The molecule has 1 aliphatic rings. The van der Waals surface area contributed by atoms with Crippen LogP contribution in [0.5, 0.6) is 0 Å². The van der Waals surface area contributed by atoms with Gasteiger partial charge in [-0.3, -0.25) is 9.69 Å². The number of β-amino-alcohol motifs (C(OH)–C–C–N with tert-alkyl or cyclic N) is 1. The van der Waals surface area contributed by atoms with Gasteiger partial charge in [-0.25, -0.2) is 4.39 Å². The third-order valence-corrected chi connectivity index (χ3v) is 3.71. The highest BCUT2D eigenvalue weighted by Crippen LogP contribution is 2.13. The number of rotatable bonds is 3. The van der Waals surface area contributed by atoms with Gasteiger partial charge in [0, 0.05) is 31.7 Å². The summed E-state index contributed by atoms with van der Waals surface area (Å²) in [6.07, 6.45) is 0.875. The summed E-state index contributed by atoms with van der Waals surface area (Å²) < 4.78 is 13.5. The van der Waals surface area contributed by atoms with Crippen LogP contribution in [0.25, 0.3) is 0 Å². The lowest BCUT2D eigenvalue weighted by molar-refractivity contribution is 0.0760. The van der Waals surface area contributed by atoms with E-state index in [4.69, 9.17) is 5.11 Å². The summed E-state index contributed by atoms with van der Waals surface area (Å²) in [5.41, 5.74) is 0.954. The van der Waals surface area contributed by atoms with Crippen LogP contribution in [-0.2, 0) is 0 Å². The molecule has 1 saturated heterocycles. The van der Waals surface area contributed by atoms with E-state index in [1.54, 1.807) is 24.0 Å². The first-order valence-electron chi connectivity index (χ1n) is 7.00. The zero-order chi connectivity index (χ0) is 14.5. The van der Waals surface area contributed by atoms with Crippen molar-refractivity contribution in [3.63, 3.8) is 0 Å². The molecule has 110 valence electrons. The molecule has 5 heteroatoms. The fourth-order valence-electron chi connectivity index (χ4n) is 2.45. The predicted molar refractivity (Wildman–Crippen MR) is 75.2 cm³/mol. The number of carbonyl (C=O) groups is 1. The summed E-state index contributed by atoms with van der Waals surface area (Å²) in [6, 6.07) is 4.63. The van der Waals surface area contributed by atoms with E-state index >= 15 is 0 Å². The molecule has 20 heavy (non-hydrogen) atoms. The van der Waals surface area contributed by atoms with E-state index < -0.39 is 0 Å². The van der Waals surface area contributed by atoms with Crippen LogP contribution in [0.3, 0.4) is 0 Å². The van der Waals surface area contributed by atoms with Crippen LogP contribution < -0.4 is 0 Å². The van der Waals surface area contributed by atoms with Crippen molar-refractivity contribution in [1.82, 2.24) is 9.80 Å². The highest BCUT2D eigenvalue weighted by Gasteiger charge is 2.20. The minimum atomic E-state index is -0.340. The molecule has 0 unspecified atom stereocenters. The second-order valence-electron chi connectivity index (χ2n) is 5.17. The molecule has 1 fully saturated rings. The SMILES string of the molecule is Cc1ccc(C(=O)N2CCCN(CCO)CC2)cc1F. The fourth-order valence-corrected chi connectivity index (χ4v) is 2.45. The first-order chi connectivity index (χ1) is 9.61. The summed E-state index contributed by atoms with van der Waals surface area (Å²) in [4.78, 5) is 16.3. The second-order valence-corrected chi connectivity index (χ2v) is 5.17. The number of amides is 1. The quantitative estimate of drug-likeness (QED) is 0.907. The Bertz CT molecular complexity index is 479. The lowest BCUT2D eigenvalue weighted by Crippen LogP contribution is -2.36. The third-order valence-electron chi connectivity index (χ3n) is 3.71. The Morgan fingerprint density at radius 3 is 2.80 bits per heavy atom. The topological polar surface area (TPSA) is 43.8 Å². The molecule has 4 nitrogen and oxygen atoms in total. The van der Waals surface area contributed by atoms with E-state index in [2.05, 4.69) is 4.90 Å². The van der Waals surface area contributed by atoms with Gasteiger partial charge in [-0.05, 0) is 37.6 Å². The van der Waals surface area contributed by atoms with Crippen molar-refractivity contribution in [2.75, 3.05) is 39.3 Å². The molecule has 1 aliphatic heterocycles. The molecule has 0 atom stereocenters. The highest BCUT2D eigenvalue weighted by molar-refractivity contribution is 5.94. The predicted octanol–water partition coefficient (Wildman–Crippen LogP) is 1.27. The van der Waals surface area contributed by atoms with Crippen molar-refractivity contribution in [1.29, 1.82) is 0 Å². The van der Waals surface area contributed by atoms with Gasteiger partial charge >= 0.3 is 0 Å². The fraction of sp³-hybridized carbons (Fsp3) is 0.533. The van der Waals surface area contributed by atoms with E-state index in [1.807, 2.05) is 0 Å². The van der Waals surface area contributed by atoms with Gasteiger partial charge in [0.2, 0.25) is 0 Å². The molecule has 1 aromatic carbocycles. The van der Waals surface area contributed by atoms with Gasteiger partial charge in [-0.15, -0.1) is 0 Å². The van der Waals surface area contributed by atoms with Crippen molar-refractivity contribution in [2.24, 2.45) is 0 Å². The minimum absolute atomic E-state index is 0.116. The van der Waals surface area contributed by atoms with Crippen molar-refractivity contribution in [3.05, 3.63) is 35.1 Å². The average Bonchev–Trinajstić information content (AvgIpc) is 2.67. The average molecular weight is 280 g/mol. The number of carbonyl (C=O) groups excluding carboxylic acids is 1. The summed E-state index contributed by atoms with van der Waals surface area (Å²) in [6.45, 7) is 5.39. The Labute approximate surface area is 118 Å². The summed E-state index contributed by atoms with van der Waals surface area (Å²) in [5.74, 6) is -0.456. The lowest BCUT2D eigenvalue weighted by Gasteiger charge is -2.21. The molecule has 2 rings (SSSR count). The standard InChI is InChI=1S/C15H21FN2O2/c1-12-3-4-13(11-14(12)16)15(20)18-6-2-5-17(7-8-18)9-10-19/h3-4,11,19H,2,5-10H2,1H3. The zero-order valence-electron chi connectivity index (χ0n) is 11.8. The Hall–Kier alpha value is -1.46. The third kappa shape index (κ3) is 3.55. The maximum Gasteiger partial charge on any atom is 0.254 e. The normalized spacial score (nSPS) is 17.1. The molecule has 0 aromatic heterocycles. The first-order valence-corrected chi connectivity index (χ1v) is 7.00. The molecule has 1 aromatic rings. The second kappa shape index (κ2) is 6.81. The molecule has 0 spiro atoms. The first kappa shape index (κ1) is 14.9. The van der Waals surface area contributed by atoms with Gasteiger partial charge in [0.25, 0.3) is 5.91 Å². The van der Waals surface area contributed by atoms with E-state index in [0.29, 0.717) is 30.8 Å². The Kier molecular flexibility index (Phi) is 5.09. The maximum atomic E-state index is 13.5. The summed E-state index contributed by atoms with van der Waals surface area (Å²) >= 11 is 0. The number of hydrogen-bond donors (Lipinski definition) is 1. The van der Waals surface area contributed by atoms with E-state index in [9.17, 15) is 9.18 Å². The molecule has 0 saturated carbocycles. The van der Waals surface area contributed by atoms with Crippen molar-refractivity contribution in [3.8, 4) is 0 Å². The van der Waals surface area contributed by atoms with Crippen LogP contribution in [-0.4, -0.2) is 60.1 Å². The minimum Gasteiger partial charge on any atom is -0.395 e. The molecular formula is C15H21FN2O2. The van der Waals surface area contributed by atoms with Gasteiger partial charge in [-0.1, -0.05) is 6.07 Å². The van der Waals surface area contributed by atoms with Crippen LogP contribution in [0.2, 0.25) is 0 Å². The Morgan fingerprint density at radius 1 is 1.30 bits per heavy atom. The van der Waals surface area contributed by atoms with Crippen LogP contribution in [0.1, 0.15) is 22.3 Å². The van der Waals surface area contributed by atoms with Crippen LogP contribution in [0.15, 0.2) is 18.2 Å². The van der Waals surface area contributed by atoms with Gasteiger partial charge in [0.15, 0.2) is 0 Å². The molecule has 0 bridgehead atoms. The molecule has 1 N–H and O–H groups in total. The van der Waals surface area contributed by atoms with Crippen LogP contribution in [0, 0.1) is 12.7 Å². The smallest absolute Gasteiger partial charge is 0.254 e. The van der Waals surface area contributed by atoms with Crippen molar-refractivity contribution >= 4 is 5.91 Å². The highest BCUT2D eigenvalue weighted by atomic mass is 19.1. The Balaban J connectivity index is 2.03. The zero-order valence-corrected chi connectivity index (χ0v) is 11.8. The van der Waals surface area contributed by atoms with Gasteiger partial charge in [0.1, 0.15) is 5.82 Å². The Morgan fingerprint density at radius 2 is 2.10 bits per heavy atom. The molecular weight excluding hydrogens is 259 g/mol. The van der Waals surface area contributed by atoms with Gasteiger partial charge < -0.3 is 10.0 Å². The van der Waals surface area contributed by atoms with E-state index in [1.165, 1.54) is 6.07 Å². The van der Waals surface area contributed by atoms with Crippen molar-refractivity contribution < 1.29 is 14.3 Å². The van der Waals surface area contributed by atoms with Crippen LogP contribution >= 0.6 is 0 Å². The number of benzene rings is 1. The van der Waals surface area contributed by atoms with E-state index in [-0.39, 0.29) is 18.3 Å². The lowest BCUT2D eigenvalue weighted by atomic mass is 10.1. The number of halogens is 1. The van der Waals surface area contributed by atoms with Gasteiger partial charge in [-0.2, -0.15) is 0 Å². The summed E-state index contributed by atoms with van der Waals surface area (Å²) in [5, 5.41) is 8.96. The van der Waals surface area contributed by atoms with Gasteiger partial charge in [0.05, 0.1) is 6.61 Å². The van der Waals surface area contributed by atoms with E-state index in [0.717, 1.165) is 19.5 Å². The maximum absolute atomic E-state index is 13.5. The molecule has 1 amide bonds. The summed E-state index contributed by atoms with van der Waals surface area (Å²) in [7, 11) is 0. The van der Waals surface area contributed by atoms with Crippen LogP contribution in [0.4, 0.5) is 4.39 Å². The number of aryl methyl sites for hydroxylation is 1. The largest absolute Gasteiger partial charge is 0.395 e. The van der Waals surface area contributed by atoms with Crippen molar-refractivity contribution in [2.45, 2.75) is 13.3 Å². The molecule has 0 aliphatic carbocycles. The molecule has 0 radical (unpaired) electrons. The molecule has 1 heterocycles. The monoisotopic (exact) mass is 280 g/mol. The number of aliphatic hydroxyl groups is 1. The number of hydrogen-bond acceptors (Lipinski definition) is 3. The number of aliphatic hydroxyl groups excluding tert-OH is 1.